The lowest BCUT2D eigenvalue weighted by atomic mass is 9.87. The van der Waals surface area contributed by atoms with Crippen LogP contribution in [0, 0.1) is 5.92 Å². The summed E-state index contributed by atoms with van der Waals surface area (Å²) in [5, 5.41) is 4.72. The Morgan fingerprint density at radius 1 is 1.22 bits per heavy atom. The van der Waals surface area contributed by atoms with Gasteiger partial charge < -0.3 is 19.9 Å². The summed E-state index contributed by atoms with van der Waals surface area (Å²) in [6.07, 6.45) is 2.88. The highest BCUT2D eigenvalue weighted by molar-refractivity contribution is 6.39. The monoisotopic (exact) mass is 430 g/mol. The maximum atomic E-state index is 13.3. The lowest BCUT2D eigenvalue weighted by Gasteiger charge is -2.30. The van der Waals surface area contributed by atoms with Crippen LogP contribution in [0.4, 0.5) is 4.79 Å². The number of methoxy groups -OCH3 is 1. The van der Waals surface area contributed by atoms with E-state index in [0.717, 1.165) is 46.2 Å². The van der Waals surface area contributed by atoms with Gasteiger partial charge in [-0.3, -0.25) is 4.79 Å². The first-order valence-corrected chi connectivity index (χ1v) is 10.9. The molecule has 0 unspecified atom stereocenters. The number of H-pyrrole nitrogens is 1. The molecule has 164 valence electrons. The van der Waals surface area contributed by atoms with Crippen molar-refractivity contribution in [2.75, 3.05) is 13.7 Å². The summed E-state index contributed by atoms with van der Waals surface area (Å²) in [6, 6.07) is 11.1. The third-order valence-corrected chi connectivity index (χ3v) is 6.09. The molecule has 32 heavy (non-hydrogen) atoms. The number of nitrogens with zero attached hydrogens (tertiary/aromatic N) is 2. The number of nitrogens with one attached hydrogen (secondary N) is 2. The van der Waals surface area contributed by atoms with Gasteiger partial charge in [-0.05, 0) is 29.5 Å². The Morgan fingerprint density at radius 3 is 2.69 bits per heavy atom. The van der Waals surface area contributed by atoms with Crippen molar-refractivity contribution in [2.45, 2.75) is 38.8 Å². The minimum Gasteiger partial charge on any atom is -0.453 e. The Morgan fingerprint density at radius 2 is 1.97 bits per heavy atom. The summed E-state index contributed by atoms with van der Waals surface area (Å²) < 4.78 is 4.70. The summed E-state index contributed by atoms with van der Waals surface area (Å²) in [4.78, 5) is 34.9. The first kappa shape index (κ1) is 21.9. The molecule has 2 heterocycles. The van der Waals surface area contributed by atoms with Gasteiger partial charge in [0.15, 0.2) is 0 Å². The summed E-state index contributed by atoms with van der Waals surface area (Å²) >= 11 is 0. The zero-order valence-electron chi connectivity index (χ0n) is 18.6. The Bertz CT molecular complexity index is 1140. The average Bonchev–Trinajstić information content (AvgIpc) is 3.46. The van der Waals surface area contributed by atoms with Gasteiger partial charge in [-0.2, -0.15) is 0 Å². The molecule has 0 spiro atoms. The van der Waals surface area contributed by atoms with Gasteiger partial charge in [0.1, 0.15) is 19.7 Å². The normalized spacial score (nSPS) is 17.0. The van der Waals surface area contributed by atoms with Gasteiger partial charge in [-0.15, -0.1) is 0 Å². The second kappa shape index (κ2) is 9.06. The fourth-order valence-electron chi connectivity index (χ4n) is 4.39. The molecule has 1 aliphatic heterocycles. The third-order valence-electron chi connectivity index (χ3n) is 6.09. The lowest BCUT2D eigenvalue weighted by molar-refractivity contribution is -0.135. The number of aromatic amines is 1. The maximum absolute atomic E-state index is 13.3. The Kier molecular flexibility index (Phi) is 6.21. The Hall–Kier alpha value is -3.29. The van der Waals surface area contributed by atoms with Crippen LogP contribution in [-0.4, -0.2) is 54.4 Å². The number of carbonyl (C=O) groups excluding carboxylic acids is 2. The van der Waals surface area contributed by atoms with Crippen LogP contribution in [0.1, 0.15) is 38.6 Å². The molecular weight excluding hydrogens is 403 g/mol. The van der Waals surface area contributed by atoms with Crippen LogP contribution in [0.25, 0.3) is 22.0 Å². The number of carbonyl (C=O) groups is 2. The van der Waals surface area contributed by atoms with Crippen molar-refractivity contribution in [1.29, 1.82) is 0 Å². The molecule has 1 saturated heterocycles. The highest BCUT2D eigenvalue weighted by Gasteiger charge is 2.37. The zero-order chi connectivity index (χ0) is 22.8. The van der Waals surface area contributed by atoms with Crippen LogP contribution in [-0.2, 0) is 9.53 Å². The summed E-state index contributed by atoms with van der Waals surface area (Å²) in [5.74, 6) is 0.548. The van der Waals surface area contributed by atoms with Crippen molar-refractivity contribution in [3.05, 3.63) is 48.4 Å². The molecule has 2 N–H and O–H groups in total. The molecule has 0 aliphatic carbocycles. The quantitative estimate of drug-likeness (QED) is 0.610. The number of hydrogen-bond acceptors (Lipinski definition) is 4. The molecule has 8 heteroatoms. The number of benzene rings is 2. The molecule has 3 aromatic rings. The first-order chi connectivity index (χ1) is 15.4. The largest absolute Gasteiger partial charge is 0.453 e. The molecule has 2 radical (unpaired) electrons. The third kappa shape index (κ3) is 4.09. The van der Waals surface area contributed by atoms with Crippen molar-refractivity contribution in [2.24, 2.45) is 5.92 Å². The van der Waals surface area contributed by atoms with E-state index in [4.69, 9.17) is 12.6 Å². The zero-order valence-corrected chi connectivity index (χ0v) is 18.6. The molecule has 2 atom stereocenters. The van der Waals surface area contributed by atoms with Gasteiger partial charge in [0.2, 0.25) is 5.91 Å². The standard InChI is InChI=1S/C24H27BN4O3/c1-14(2)21(28-24(31)32-3)23(30)29-12-6-9-20(29)22-26-13-19(27-22)17-10-11-18(25)16-8-5-4-7-15(16)17/h4-5,7-8,10-11,13-14,20-21H,6,9,12H2,1-3H3,(H,26,27)(H,28,31)/t20-,21-/m0/s1. The summed E-state index contributed by atoms with van der Waals surface area (Å²) in [5.41, 5.74) is 2.62. The van der Waals surface area contributed by atoms with E-state index in [9.17, 15) is 9.59 Å². The SMILES string of the molecule is [B]c1ccc(-c2cnc([C@@H]3CCCN3C(=O)[C@@H](NC(=O)OC)C(C)C)[nH]2)c2ccccc12. The summed E-state index contributed by atoms with van der Waals surface area (Å²) in [6.45, 7) is 4.43. The van der Waals surface area contributed by atoms with E-state index in [1.54, 1.807) is 6.20 Å². The van der Waals surface area contributed by atoms with Gasteiger partial charge in [0.05, 0.1) is 25.0 Å². The molecule has 1 aromatic heterocycles. The van der Waals surface area contributed by atoms with E-state index in [2.05, 4.69) is 15.3 Å². The highest BCUT2D eigenvalue weighted by Crippen LogP contribution is 2.33. The predicted octanol–water partition coefficient (Wildman–Crippen LogP) is 3.07. The number of likely N-dealkylation sites (tertiary alicyclic amines) is 1. The molecule has 4 rings (SSSR count). The van der Waals surface area contributed by atoms with Crippen LogP contribution in [0.15, 0.2) is 42.6 Å². The van der Waals surface area contributed by atoms with Gasteiger partial charge in [0.25, 0.3) is 0 Å². The van der Waals surface area contributed by atoms with Crippen molar-refractivity contribution in [1.82, 2.24) is 20.2 Å². The number of imidazole rings is 1. The Labute approximate surface area is 189 Å². The molecular formula is C24H27BN4O3. The highest BCUT2D eigenvalue weighted by atomic mass is 16.5. The maximum Gasteiger partial charge on any atom is 0.407 e. The van der Waals surface area contributed by atoms with Crippen molar-refractivity contribution >= 4 is 36.1 Å². The van der Waals surface area contributed by atoms with Crippen LogP contribution in [0.3, 0.4) is 0 Å². The Balaban J connectivity index is 1.62. The number of aromatic nitrogens is 2. The molecule has 7 nitrogen and oxygen atoms in total. The van der Waals surface area contributed by atoms with E-state index < -0.39 is 12.1 Å². The molecule has 1 fully saturated rings. The second-order valence-electron chi connectivity index (χ2n) is 8.48. The van der Waals surface area contributed by atoms with Crippen LogP contribution in [0.5, 0.6) is 0 Å². The number of fused-ring (bicyclic) bond motifs is 1. The molecule has 2 amide bonds. The van der Waals surface area contributed by atoms with Gasteiger partial charge >= 0.3 is 6.09 Å². The van der Waals surface area contributed by atoms with E-state index in [0.29, 0.717) is 6.54 Å². The van der Waals surface area contributed by atoms with E-state index in [-0.39, 0.29) is 17.9 Å². The van der Waals surface area contributed by atoms with Crippen LogP contribution in [0.2, 0.25) is 0 Å². The number of ether oxygens (including phenoxy) is 1. The first-order valence-electron chi connectivity index (χ1n) is 10.9. The number of hydrogen-bond donors (Lipinski definition) is 2. The van der Waals surface area contributed by atoms with Crippen molar-refractivity contribution in [3.63, 3.8) is 0 Å². The van der Waals surface area contributed by atoms with Gasteiger partial charge in [-0.25, -0.2) is 9.78 Å². The second-order valence-corrected chi connectivity index (χ2v) is 8.48. The smallest absolute Gasteiger partial charge is 0.407 e. The lowest BCUT2D eigenvalue weighted by Crippen LogP contribution is -2.51. The number of amides is 2. The fourth-order valence-corrected chi connectivity index (χ4v) is 4.39. The van der Waals surface area contributed by atoms with Gasteiger partial charge in [-0.1, -0.05) is 55.7 Å². The van der Waals surface area contributed by atoms with Crippen molar-refractivity contribution < 1.29 is 14.3 Å². The molecule has 0 saturated carbocycles. The number of rotatable bonds is 5. The topological polar surface area (TPSA) is 87.3 Å². The average molecular weight is 430 g/mol. The fraction of sp³-hybridized carbons (Fsp3) is 0.375. The number of alkyl carbamates (subject to hydrolysis) is 1. The van der Waals surface area contributed by atoms with Gasteiger partial charge in [0, 0.05) is 12.1 Å². The van der Waals surface area contributed by atoms with Crippen molar-refractivity contribution in [3.8, 4) is 11.3 Å². The molecule has 0 bridgehead atoms. The molecule has 2 aromatic carbocycles. The van der Waals surface area contributed by atoms with E-state index in [1.807, 2.05) is 55.1 Å². The molecule has 1 aliphatic rings. The van der Waals surface area contributed by atoms with E-state index in [1.165, 1.54) is 7.11 Å². The minimum atomic E-state index is -0.654. The summed E-state index contributed by atoms with van der Waals surface area (Å²) in [7, 11) is 7.44. The van der Waals surface area contributed by atoms with Crippen LogP contribution >= 0.6 is 0 Å². The van der Waals surface area contributed by atoms with E-state index >= 15 is 0 Å². The predicted molar refractivity (Wildman–Crippen MR) is 125 cm³/mol. The minimum absolute atomic E-state index is 0.0730. The van der Waals surface area contributed by atoms with Crippen LogP contribution < -0.4 is 10.8 Å².